The van der Waals surface area contributed by atoms with Gasteiger partial charge in [0, 0.05) is 6.42 Å². The summed E-state index contributed by atoms with van der Waals surface area (Å²) >= 11 is 0. The molecule has 0 aliphatic carbocycles. The first-order chi connectivity index (χ1) is 12.2. The molecule has 0 bridgehead atoms. The number of hydrogen-bond acceptors (Lipinski definition) is 3. The van der Waals surface area contributed by atoms with Gasteiger partial charge in [0.05, 0.1) is 6.61 Å². The van der Waals surface area contributed by atoms with E-state index in [2.05, 4.69) is 13.5 Å². The Morgan fingerprint density at radius 2 is 2.04 bits per heavy atom. The fraction of sp³-hybridized carbons (Fsp3) is 0.381. The van der Waals surface area contributed by atoms with Gasteiger partial charge in [-0.15, -0.1) is 6.58 Å². The fourth-order valence-corrected chi connectivity index (χ4v) is 2.55. The normalized spacial score (nSPS) is 11.3. The van der Waals surface area contributed by atoms with Crippen LogP contribution >= 0.6 is 0 Å². The van der Waals surface area contributed by atoms with Crippen molar-refractivity contribution >= 4 is 10.8 Å². The minimum Gasteiger partial charge on any atom is -0.490 e. The van der Waals surface area contributed by atoms with Gasteiger partial charge in [-0.1, -0.05) is 37.6 Å². The lowest BCUT2D eigenvalue weighted by atomic mass is 10.1. The summed E-state index contributed by atoms with van der Waals surface area (Å²) in [5.41, 5.74) is -0.643. The number of aryl methyl sites for hydroxylation is 1. The quantitative estimate of drug-likeness (QED) is 0.418. The van der Waals surface area contributed by atoms with E-state index in [9.17, 15) is 9.18 Å². The van der Waals surface area contributed by atoms with Gasteiger partial charge in [-0.25, -0.2) is 9.18 Å². The van der Waals surface area contributed by atoms with Crippen LogP contribution in [0.5, 0.6) is 5.75 Å². The van der Waals surface area contributed by atoms with Gasteiger partial charge in [-0.3, -0.25) is 0 Å². The van der Waals surface area contributed by atoms with Gasteiger partial charge in [0.15, 0.2) is 11.6 Å². The zero-order chi connectivity index (χ0) is 18.1. The molecule has 0 saturated heterocycles. The van der Waals surface area contributed by atoms with Crippen molar-refractivity contribution in [1.29, 1.82) is 0 Å². The fourth-order valence-electron chi connectivity index (χ4n) is 2.55. The Hall–Kier alpha value is -2.36. The Morgan fingerprint density at radius 3 is 2.80 bits per heavy atom. The minimum atomic E-state index is -0.649. The third-order valence-corrected chi connectivity index (χ3v) is 3.91. The first-order valence-electron chi connectivity index (χ1n) is 8.81. The van der Waals surface area contributed by atoms with Crippen LogP contribution in [0.15, 0.2) is 52.2 Å². The highest BCUT2D eigenvalue weighted by molar-refractivity contribution is 5.83. The number of rotatable bonds is 10. The molecule has 0 saturated carbocycles. The van der Waals surface area contributed by atoms with E-state index >= 15 is 0 Å². The van der Waals surface area contributed by atoms with Gasteiger partial charge >= 0.3 is 5.63 Å². The lowest BCUT2D eigenvalue weighted by molar-refractivity contribution is 0.309. The molecule has 0 amide bonds. The van der Waals surface area contributed by atoms with Crippen molar-refractivity contribution in [2.45, 2.75) is 45.4 Å². The monoisotopic (exact) mass is 344 g/mol. The number of fused-ring (bicyclic) bond motifs is 1. The number of hydrogen-bond donors (Lipinski definition) is 0. The van der Waals surface area contributed by atoms with E-state index in [1.807, 2.05) is 18.2 Å². The van der Waals surface area contributed by atoms with Crippen LogP contribution in [-0.4, -0.2) is 6.61 Å². The Labute approximate surface area is 147 Å². The van der Waals surface area contributed by atoms with Crippen LogP contribution in [0, 0.1) is 5.82 Å². The first-order valence-corrected chi connectivity index (χ1v) is 8.81. The number of unbranched alkanes of at least 4 members (excludes halogenated alkanes) is 2. The van der Waals surface area contributed by atoms with E-state index in [-0.39, 0.29) is 11.1 Å². The van der Waals surface area contributed by atoms with E-state index in [1.54, 1.807) is 18.2 Å². The molecule has 2 rings (SSSR count). The number of halogens is 1. The molecule has 3 nitrogen and oxygen atoms in total. The summed E-state index contributed by atoms with van der Waals surface area (Å²) in [7, 11) is 0. The number of ether oxygens (including phenoxy) is 1. The highest BCUT2D eigenvalue weighted by Crippen LogP contribution is 2.25. The second-order valence-corrected chi connectivity index (χ2v) is 5.92. The summed E-state index contributed by atoms with van der Waals surface area (Å²) in [4.78, 5) is 12.1. The van der Waals surface area contributed by atoms with E-state index < -0.39 is 11.4 Å². The van der Waals surface area contributed by atoms with Crippen molar-refractivity contribution in [3.63, 3.8) is 0 Å². The molecule has 134 valence electrons. The lowest BCUT2D eigenvalue weighted by Gasteiger charge is -2.08. The van der Waals surface area contributed by atoms with E-state index in [1.165, 1.54) is 0 Å². The Morgan fingerprint density at radius 1 is 1.24 bits per heavy atom. The molecule has 0 N–H and O–H groups in total. The van der Waals surface area contributed by atoms with Crippen LogP contribution in [0.4, 0.5) is 4.39 Å². The molecule has 0 aliphatic rings. The van der Waals surface area contributed by atoms with Crippen LogP contribution in [0.2, 0.25) is 0 Å². The van der Waals surface area contributed by atoms with Gasteiger partial charge in [0.2, 0.25) is 0 Å². The van der Waals surface area contributed by atoms with Gasteiger partial charge in [-0.2, -0.15) is 0 Å². The maximum atomic E-state index is 14.6. The molecular weight excluding hydrogens is 319 g/mol. The summed E-state index contributed by atoms with van der Waals surface area (Å²) in [5, 5.41) is 0.510. The van der Waals surface area contributed by atoms with Crippen LogP contribution in [-0.2, 0) is 6.42 Å². The Balaban J connectivity index is 2.08. The summed E-state index contributed by atoms with van der Waals surface area (Å²) in [5.74, 6) is 0.0293. The SMILES string of the molecule is C=CCC/C=C/CCOc1ccc2cc(CCCC)oc(=O)c2c1F. The average Bonchev–Trinajstić information content (AvgIpc) is 2.60. The van der Waals surface area contributed by atoms with Crippen LogP contribution in [0.25, 0.3) is 10.8 Å². The van der Waals surface area contributed by atoms with Gasteiger partial charge in [0.25, 0.3) is 0 Å². The van der Waals surface area contributed by atoms with E-state index in [0.29, 0.717) is 30.6 Å². The summed E-state index contributed by atoms with van der Waals surface area (Å²) in [6.07, 6.45) is 11.1. The number of allylic oxidation sites excluding steroid dienone is 2. The highest BCUT2D eigenvalue weighted by Gasteiger charge is 2.14. The number of benzene rings is 1. The molecule has 0 spiro atoms. The highest BCUT2D eigenvalue weighted by atomic mass is 19.1. The molecule has 1 heterocycles. The average molecular weight is 344 g/mol. The summed E-state index contributed by atoms with van der Waals surface area (Å²) < 4.78 is 25.3. The maximum absolute atomic E-state index is 14.6. The minimum absolute atomic E-state index is 0.0423. The van der Waals surface area contributed by atoms with Gasteiger partial charge < -0.3 is 9.15 Å². The van der Waals surface area contributed by atoms with E-state index in [0.717, 1.165) is 25.7 Å². The van der Waals surface area contributed by atoms with Crippen molar-refractivity contribution in [3.05, 3.63) is 65.0 Å². The first kappa shape index (κ1) is 19.0. The molecule has 0 aliphatic heterocycles. The molecule has 0 fully saturated rings. The molecule has 25 heavy (non-hydrogen) atoms. The maximum Gasteiger partial charge on any atom is 0.346 e. The molecule has 4 heteroatoms. The predicted molar refractivity (Wildman–Crippen MR) is 99.7 cm³/mol. The lowest BCUT2D eigenvalue weighted by Crippen LogP contribution is -2.06. The van der Waals surface area contributed by atoms with Crippen molar-refractivity contribution in [1.82, 2.24) is 0 Å². The molecule has 0 atom stereocenters. The van der Waals surface area contributed by atoms with Crippen molar-refractivity contribution in [3.8, 4) is 5.75 Å². The topological polar surface area (TPSA) is 39.4 Å². The third kappa shape index (κ3) is 5.31. The largest absolute Gasteiger partial charge is 0.490 e. The molecule has 0 radical (unpaired) electrons. The third-order valence-electron chi connectivity index (χ3n) is 3.91. The second kappa shape index (κ2) is 9.82. The smallest absolute Gasteiger partial charge is 0.346 e. The van der Waals surface area contributed by atoms with Gasteiger partial charge in [0.1, 0.15) is 11.1 Å². The molecule has 1 aromatic heterocycles. The van der Waals surface area contributed by atoms with Crippen molar-refractivity contribution in [2.24, 2.45) is 0 Å². The summed E-state index contributed by atoms with van der Waals surface area (Å²) in [6, 6.07) is 5.02. The van der Waals surface area contributed by atoms with E-state index in [4.69, 9.17) is 9.15 Å². The Bertz CT molecular complexity index is 790. The molecule has 0 unspecified atom stereocenters. The van der Waals surface area contributed by atoms with Gasteiger partial charge in [-0.05, 0) is 43.2 Å². The second-order valence-electron chi connectivity index (χ2n) is 5.92. The predicted octanol–water partition coefficient (Wildman–Crippen LogP) is 5.57. The van der Waals surface area contributed by atoms with Crippen LogP contribution in [0.3, 0.4) is 0 Å². The zero-order valence-corrected chi connectivity index (χ0v) is 14.7. The molecular formula is C21H25FO3. The zero-order valence-electron chi connectivity index (χ0n) is 14.7. The standard InChI is InChI=1S/C21H25FO3/c1-3-5-7-8-9-10-14-24-18-13-12-16-15-17(11-6-4-2)25-21(23)19(16)20(18)22/h3,8-9,12-13,15H,1,4-7,10-11,14H2,2H3/b9-8+. The molecule has 2 aromatic rings. The van der Waals surface area contributed by atoms with Crippen molar-refractivity contribution < 1.29 is 13.5 Å². The molecule has 1 aromatic carbocycles. The van der Waals surface area contributed by atoms with Crippen LogP contribution < -0.4 is 10.4 Å². The Kier molecular flexibility index (Phi) is 7.45. The summed E-state index contributed by atoms with van der Waals surface area (Å²) in [6.45, 7) is 6.08. The van der Waals surface area contributed by atoms with Crippen LogP contribution in [0.1, 0.15) is 44.8 Å². The van der Waals surface area contributed by atoms with Crippen molar-refractivity contribution in [2.75, 3.05) is 6.61 Å².